The van der Waals surface area contributed by atoms with Crippen molar-refractivity contribution in [2.24, 2.45) is 0 Å². The second kappa shape index (κ2) is 18.2. The van der Waals surface area contributed by atoms with E-state index in [2.05, 4.69) is 32.0 Å². The number of aryl methyl sites for hydroxylation is 1. The van der Waals surface area contributed by atoms with Crippen LogP contribution in [0.25, 0.3) is 0 Å². The van der Waals surface area contributed by atoms with E-state index in [4.69, 9.17) is 16.3 Å². The Morgan fingerprint density at radius 1 is 0.643 bits per heavy atom. The Morgan fingerprint density at radius 3 is 1.73 bits per heavy atom. The first kappa shape index (κ1) is 42.1. The quantitative estimate of drug-likeness (QED) is 0.0922. The van der Waals surface area contributed by atoms with Gasteiger partial charge in [-0.05, 0) is 128 Å². The van der Waals surface area contributed by atoms with Gasteiger partial charge in [-0.1, -0.05) is 71.8 Å². The third kappa shape index (κ3) is 11.0. The molecule has 288 valence electrons. The maximum atomic E-state index is 13.5. The van der Waals surface area contributed by atoms with Gasteiger partial charge in [-0.2, -0.15) is 0 Å². The van der Waals surface area contributed by atoms with Gasteiger partial charge in [0.25, 0.3) is 20.0 Å². The van der Waals surface area contributed by atoms with Gasteiger partial charge in [0.05, 0.1) is 27.3 Å². The number of hydrogen-bond acceptors (Lipinski definition) is 7. The molecule has 6 rings (SSSR count). The molecule has 6 aromatic carbocycles. The number of nitrogens with one attached hydrogen (secondary N) is 2. The topological polar surface area (TPSA) is 136 Å². The van der Waals surface area contributed by atoms with Crippen LogP contribution in [-0.4, -0.2) is 34.5 Å². The van der Waals surface area contributed by atoms with Crippen molar-refractivity contribution in [3.63, 3.8) is 0 Å². The highest BCUT2D eigenvalue weighted by Gasteiger charge is 2.22. The molecular formula is C42H35ClFIN2O7S2. The first-order valence-corrected chi connectivity index (χ1v) is 21.3. The van der Waals surface area contributed by atoms with E-state index in [1.807, 2.05) is 26.8 Å². The molecule has 0 aliphatic rings. The SMILES string of the molecule is CC(C)Oc1ccc(S(=O)(=O)Nc2ccc(I)cc2C(=O)c2ccccc2)cc1.Cc1ccc(S(=O)(=O)Nc2ccc(Cl)cc2C(=O)c2cccc(F)c2)cc1. The minimum atomic E-state index is -3.91. The molecule has 0 spiro atoms. The Morgan fingerprint density at radius 2 is 1.16 bits per heavy atom. The zero-order valence-corrected chi connectivity index (χ0v) is 34.7. The smallest absolute Gasteiger partial charge is 0.261 e. The first-order chi connectivity index (χ1) is 26.5. The minimum absolute atomic E-state index is 0.00562. The van der Waals surface area contributed by atoms with Crippen LogP contribution in [0.1, 0.15) is 51.3 Å². The Balaban J connectivity index is 0.000000215. The number of ketones is 2. The molecule has 0 aromatic heterocycles. The highest BCUT2D eigenvalue weighted by molar-refractivity contribution is 14.1. The molecule has 0 saturated carbocycles. The molecule has 0 heterocycles. The molecule has 0 unspecified atom stereocenters. The van der Waals surface area contributed by atoms with Gasteiger partial charge in [0.1, 0.15) is 11.6 Å². The first-order valence-electron chi connectivity index (χ1n) is 16.9. The van der Waals surface area contributed by atoms with Gasteiger partial charge in [-0.15, -0.1) is 0 Å². The molecule has 6 aromatic rings. The number of hydrogen-bond donors (Lipinski definition) is 2. The molecule has 0 aliphatic heterocycles. The summed E-state index contributed by atoms with van der Waals surface area (Å²) >= 11 is 8.08. The van der Waals surface area contributed by atoms with Gasteiger partial charge in [-0.25, -0.2) is 21.2 Å². The second-order valence-electron chi connectivity index (χ2n) is 12.6. The summed E-state index contributed by atoms with van der Waals surface area (Å²) in [6.45, 7) is 5.64. The summed E-state index contributed by atoms with van der Waals surface area (Å²) in [5, 5.41) is 0.257. The fraction of sp³-hybridized carbons (Fsp3) is 0.0952. The van der Waals surface area contributed by atoms with Gasteiger partial charge in [0, 0.05) is 30.8 Å². The van der Waals surface area contributed by atoms with Gasteiger partial charge in [0.15, 0.2) is 11.6 Å². The molecule has 0 fully saturated rings. The molecule has 0 amide bonds. The number of ether oxygens (including phenoxy) is 1. The van der Waals surface area contributed by atoms with Crippen molar-refractivity contribution < 1.29 is 35.6 Å². The van der Waals surface area contributed by atoms with Crippen LogP contribution in [0.15, 0.2) is 149 Å². The average molecular weight is 925 g/mol. The summed E-state index contributed by atoms with van der Waals surface area (Å²) in [6, 6.07) is 35.6. The van der Waals surface area contributed by atoms with Crippen molar-refractivity contribution in [2.45, 2.75) is 36.7 Å². The van der Waals surface area contributed by atoms with Crippen molar-refractivity contribution in [3.8, 4) is 5.75 Å². The maximum Gasteiger partial charge on any atom is 0.261 e. The highest BCUT2D eigenvalue weighted by Crippen LogP contribution is 2.28. The van der Waals surface area contributed by atoms with Gasteiger partial charge in [0.2, 0.25) is 0 Å². The molecule has 9 nitrogen and oxygen atoms in total. The number of halogens is 3. The minimum Gasteiger partial charge on any atom is -0.491 e. The van der Waals surface area contributed by atoms with Crippen LogP contribution in [-0.2, 0) is 20.0 Å². The summed E-state index contributed by atoms with van der Waals surface area (Å²) in [6.07, 6.45) is -0.00562. The van der Waals surface area contributed by atoms with Crippen LogP contribution in [0.2, 0.25) is 5.02 Å². The lowest BCUT2D eigenvalue weighted by Gasteiger charge is -2.14. The Bertz CT molecular complexity index is 2590. The molecule has 14 heteroatoms. The molecular weight excluding hydrogens is 890 g/mol. The summed E-state index contributed by atoms with van der Waals surface area (Å²) in [5.41, 5.74) is 2.13. The van der Waals surface area contributed by atoms with E-state index in [1.165, 1.54) is 60.7 Å². The third-order valence-corrected chi connectivity index (χ3v) is 11.6. The van der Waals surface area contributed by atoms with E-state index in [0.717, 1.165) is 15.2 Å². The number of anilines is 2. The molecule has 0 aliphatic carbocycles. The fourth-order valence-corrected chi connectivity index (χ4v) is 8.03. The number of carbonyl (C=O) groups excluding carboxylic acids is 2. The molecule has 0 saturated heterocycles. The van der Waals surface area contributed by atoms with Crippen molar-refractivity contribution in [1.82, 2.24) is 0 Å². The highest BCUT2D eigenvalue weighted by atomic mass is 127. The van der Waals surface area contributed by atoms with Crippen molar-refractivity contribution in [2.75, 3.05) is 9.44 Å². The molecule has 2 N–H and O–H groups in total. The molecule has 0 atom stereocenters. The van der Waals surface area contributed by atoms with E-state index >= 15 is 0 Å². The van der Waals surface area contributed by atoms with Crippen LogP contribution in [0.5, 0.6) is 5.75 Å². The van der Waals surface area contributed by atoms with Gasteiger partial charge in [-0.3, -0.25) is 19.0 Å². The number of benzene rings is 6. The van der Waals surface area contributed by atoms with Crippen LogP contribution >= 0.6 is 34.2 Å². The van der Waals surface area contributed by atoms with Crippen molar-refractivity contribution in [3.05, 3.63) is 182 Å². The average Bonchev–Trinajstić information content (AvgIpc) is 3.16. The third-order valence-electron chi connectivity index (χ3n) is 7.90. The summed E-state index contributed by atoms with van der Waals surface area (Å²) in [7, 11) is -7.78. The zero-order valence-electron chi connectivity index (χ0n) is 30.2. The van der Waals surface area contributed by atoms with Crippen molar-refractivity contribution >= 4 is 77.2 Å². The largest absolute Gasteiger partial charge is 0.491 e. The Hall–Kier alpha value is -5.09. The predicted octanol–water partition coefficient (Wildman–Crippen LogP) is 9.93. The van der Waals surface area contributed by atoms with E-state index in [1.54, 1.807) is 66.7 Å². The van der Waals surface area contributed by atoms with Crippen molar-refractivity contribution in [1.29, 1.82) is 0 Å². The maximum absolute atomic E-state index is 13.5. The number of rotatable bonds is 12. The lowest BCUT2D eigenvalue weighted by atomic mass is 10.0. The Kier molecular flexibility index (Phi) is 13.7. The lowest BCUT2D eigenvalue weighted by Crippen LogP contribution is -2.16. The summed E-state index contributed by atoms with van der Waals surface area (Å²) in [5.74, 6) is -0.765. The monoisotopic (exact) mass is 924 g/mol. The summed E-state index contributed by atoms with van der Waals surface area (Å²) in [4.78, 5) is 25.9. The van der Waals surface area contributed by atoms with Crippen LogP contribution in [0.4, 0.5) is 15.8 Å². The summed E-state index contributed by atoms with van der Waals surface area (Å²) < 4.78 is 75.8. The number of carbonyl (C=O) groups is 2. The zero-order chi connectivity index (χ0) is 40.6. The van der Waals surface area contributed by atoms with E-state index in [9.17, 15) is 30.8 Å². The lowest BCUT2D eigenvalue weighted by molar-refractivity contribution is 0.103. The fourth-order valence-electron chi connectivity index (χ4n) is 5.21. The molecule has 0 bridgehead atoms. The van der Waals surface area contributed by atoms with E-state index in [0.29, 0.717) is 16.9 Å². The molecule has 56 heavy (non-hydrogen) atoms. The predicted molar refractivity (Wildman–Crippen MR) is 225 cm³/mol. The van der Waals surface area contributed by atoms with Crippen LogP contribution in [0.3, 0.4) is 0 Å². The standard InChI is InChI=1S/C22H20INO4S.C20H15ClFNO3S/c1-15(2)28-18-9-11-19(12-10-18)29(26,27)24-21-13-8-17(23)14-20(21)22(25)16-6-4-3-5-7-16;1-13-5-8-17(9-6-13)27(25,26)23-19-10-7-15(21)12-18(19)20(24)14-3-2-4-16(22)11-14/h3-15,24H,1-2H3;2-12,23H,1H3. The molecule has 0 radical (unpaired) electrons. The van der Waals surface area contributed by atoms with E-state index < -0.39 is 31.6 Å². The van der Waals surface area contributed by atoms with Gasteiger partial charge < -0.3 is 4.74 Å². The van der Waals surface area contributed by atoms with Crippen LogP contribution in [0, 0.1) is 16.3 Å². The van der Waals surface area contributed by atoms with Crippen LogP contribution < -0.4 is 14.2 Å². The van der Waals surface area contributed by atoms with E-state index in [-0.39, 0.29) is 49.2 Å². The Labute approximate surface area is 344 Å². The van der Waals surface area contributed by atoms with Gasteiger partial charge >= 0.3 is 0 Å². The second-order valence-corrected chi connectivity index (χ2v) is 17.6. The number of sulfonamides is 2. The normalized spacial score (nSPS) is 11.3.